The molecule has 0 saturated heterocycles. The van der Waals surface area contributed by atoms with Crippen LogP contribution >= 0.6 is 0 Å². The van der Waals surface area contributed by atoms with E-state index in [1.807, 2.05) is 0 Å². The smallest absolute Gasteiger partial charge is 0.274 e. The van der Waals surface area contributed by atoms with Gasteiger partial charge in [0.2, 0.25) is 5.91 Å². The molecule has 12 heavy (non-hydrogen) atoms. The molecule has 0 bridgehead atoms. The summed E-state index contributed by atoms with van der Waals surface area (Å²) < 4.78 is 0. The van der Waals surface area contributed by atoms with E-state index >= 15 is 0 Å². The van der Waals surface area contributed by atoms with Gasteiger partial charge in [-0.05, 0) is 0 Å². The normalized spacial score (nSPS) is 17.2. The molecule has 0 aliphatic carbocycles. The van der Waals surface area contributed by atoms with E-state index in [0.29, 0.717) is 0 Å². The van der Waals surface area contributed by atoms with Gasteiger partial charge in [-0.2, -0.15) is 0 Å². The first kappa shape index (κ1) is 8.58. The van der Waals surface area contributed by atoms with Crippen LogP contribution in [0.5, 0.6) is 0 Å². The number of nitrogens with zero attached hydrogens (tertiary/aromatic N) is 1. The van der Waals surface area contributed by atoms with Crippen LogP contribution in [-0.2, 0) is 9.59 Å². The number of aliphatic hydroxyl groups excluding tert-OH is 1. The average molecular weight is 170 g/mol. The number of amides is 2. The summed E-state index contributed by atoms with van der Waals surface area (Å²) in [5, 5.41) is 11.5. The van der Waals surface area contributed by atoms with Crippen LogP contribution in [0.4, 0.5) is 0 Å². The summed E-state index contributed by atoms with van der Waals surface area (Å²) in [6.45, 7) is 1.44. The van der Waals surface area contributed by atoms with E-state index in [1.165, 1.54) is 11.8 Å². The number of hydrogen-bond donors (Lipinski definition) is 2. The lowest BCUT2D eigenvalue weighted by molar-refractivity contribution is -0.126. The molecule has 2 N–H and O–H groups in total. The van der Waals surface area contributed by atoms with Crippen LogP contribution in [0.15, 0.2) is 11.5 Å². The molecular weight excluding hydrogens is 160 g/mol. The molecule has 2 amide bonds. The van der Waals surface area contributed by atoms with Crippen molar-refractivity contribution in [3.05, 3.63) is 11.5 Å². The minimum Gasteiger partial charge on any atom is -0.508 e. The van der Waals surface area contributed by atoms with Gasteiger partial charge >= 0.3 is 0 Å². The molecule has 0 atom stereocenters. The van der Waals surface area contributed by atoms with E-state index in [0.717, 1.165) is 0 Å². The summed E-state index contributed by atoms with van der Waals surface area (Å²) in [5.41, 5.74) is -0.00926. The molecule has 5 nitrogen and oxygen atoms in total. The van der Waals surface area contributed by atoms with Gasteiger partial charge in [0.15, 0.2) is 0 Å². The lowest BCUT2D eigenvalue weighted by Gasteiger charge is -2.06. The highest BCUT2D eigenvalue weighted by atomic mass is 16.3. The van der Waals surface area contributed by atoms with Crippen molar-refractivity contribution in [2.75, 3.05) is 13.6 Å². The van der Waals surface area contributed by atoms with Crippen molar-refractivity contribution in [3.8, 4) is 0 Å². The first-order valence-electron chi connectivity index (χ1n) is 3.47. The number of hydrogen-bond acceptors (Lipinski definition) is 3. The topological polar surface area (TPSA) is 69.6 Å². The molecule has 0 radical (unpaired) electrons. The van der Waals surface area contributed by atoms with Crippen LogP contribution in [0.3, 0.4) is 0 Å². The van der Waals surface area contributed by atoms with Crippen molar-refractivity contribution in [2.45, 2.75) is 6.92 Å². The molecule has 0 aromatic carbocycles. The van der Waals surface area contributed by atoms with E-state index in [-0.39, 0.29) is 29.8 Å². The first-order chi connectivity index (χ1) is 5.52. The predicted octanol–water partition coefficient (Wildman–Crippen LogP) is -0.636. The minimum atomic E-state index is -0.361. The Bertz CT molecular complexity index is 270. The Kier molecular flexibility index (Phi) is 2.03. The van der Waals surface area contributed by atoms with Crippen molar-refractivity contribution < 1.29 is 14.7 Å². The molecule has 1 rings (SSSR count). The number of carbonyl (C=O) groups excluding carboxylic acids is 2. The van der Waals surface area contributed by atoms with Gasteiger partial charge in [-0.3, -0.25) is 9.59 Å². The van der Waals surface area contributed by atoms with Crippen LogP contribution in [0.2, 0.25) is 0 Å². The number of rotatable bonds is 1. The Morgan fingerprint density at radius 2 is 2.25 bits per heavy atom. The highest BCUT2D eigenvalue weighted by molar-refractivity contribution is 5.99. The average Bonchev–Trinajstić information content (AvgIpc) is 2.16. The van der Waals surface area contributed by atoms with Crippen LogP contribution < -0.4 is 5.32 Å². The predicted molar refractivity (Wildman–Crippen MR) is 41.1 cm³/mol. The SMILES string of the molecule is CC(=O)NC1=C(O)CN(C)C1=O. The first-order valence-corrected chi connectivity index (χ1v) is 3.47. The van der Waals surface area contributed by atoms with Gasteiger partial charge in [0, 0.05) is 14.0 Å². The van der Waals surface area contributed by atoms with E-state index in [9.17, 15) is 14.7 Å². The molecule has 0 saturated carbocycles. The summed E-state index contributed by atoms with van der Waals surface area (Å²) in [5.74, 6) is -0.805. The number of likely N-dealkylation sites (N-methyl/N-ethyl adjacent to an activating group) is 1. The maximum Gasteiger partial charge on any atom is 0.274 e. The van der Waals surface area contributed by atoms with Gasteiger partial charge in [0.25, 0.3) is 5.91 Å². The Balaban J connectivity index is 2.81. The van der Waals surface area contributed by atoms with Crippen molar-refractivity contribution in [2.24, 2.45) is 0 Å². The van der Waals surface area contributed by atoms with E-state index in [4.69, 9.17) is 0 Å². The van der Waals surface area contributed by atoms with E-state index in [2.05, 4.69) is 5.32 Å². The number of aliphatic hydroxyl groups is 1. The third kappa shape index (κ3) is 1.39. The Labute approximate surface area is 69.7 Å². The van der Waals surface area contributed by atoms with Gasteiger partial charge in [0.1, 0.15) is 11.5 Å². The number of carbonyl (C=O) groups is 2. The van der Waals surface area contributed by atoms with E-state index in [1.54, 1.807) is 7.05 Å². The molecule has 1 heterocycles. The Morgan fingerprint density at radius 1 is 1.67 bits per heavy atom. The third-order valence-electron chi connectivity index (χ3n) is 1.54. The highest BCUT2D eigenvalue weighted by Crippen LogP contribution is 2.11. The van der Waals surface area contributed by atoms with Crippen molar-refractivity contribution in [3.63, 3.8) is 0 Å². The zero-order chi connectivity index (χ0) is 9.30. The molecule has 5 heteroatoms. The maximum atomic E-state index is 11.1. The zero-order valence-corrected chi connectivity index (χ0v) is 6.92. The lowest BCUT2D eigenvalue weighted by atomic mass is 10.4. The van der Waals surface area contributed by atoms with Crippen LogP contribution in [0.1, 0.15) is 6.92 Å². The summed E-state index contributed by atoms with van der Waals surface area (Å²) in [4.78, 5) is 23.0. The summed E-state index contributed by atoms with van der Waals surface area (Å²) >= 11 is 0. The molecule has 1 aliphatic rings. The van der Waals surface area contributed by atoms with Crippen LogP contribution in [0.25, 0.3) is 0 Å². The lowest BCUT2D eigenvalue weighted by Crippen LogP contribution is -2.29. The fourth-order valence-electron chi connectivity index (χ4n) is 0.991. The second-order valence-corrected chi connectivity index (χ2v) is 2.66. The van der Waals surface area contributed by atoms with Gasteiger partial charge in [-0.25, -0.2) is 0 Å². The number of nitrogens with one attached hydrogen (secondary N) is 1. The second-order valence-electron chi connectivity index (χ2n) is 2.66. The largest absolute Gasteiger partial charge is 0.508 e. The Hall–Kier alpha value is -1.52. The van der Waals surface area contributed by atoms with Gasteiger partial charge in [-0.1, -0.05) is 0 Å². The summed E-state index contributed by atoms with van der Waals surface area (Å²) in [6, 6.07) is 0. The minimum absolute atomic E-state index is 0.00926. The maximum absolute atomic E-state index is 11.1. The zero-order valence-electron chi connectivity index (χ0n) is 6.92. The molecule has 0 spiro atoms. The third-order valence-corrected chi connectivity index (χ3v) is 1.54. The molecule has 66 valence electrons. The molecular formula is C7H10N2O3. The van der Waals surface area contributed by atoms with Crippen molar-refractivity contribution >= 4 is 11.8 Å². The van der Waals surface area contributed by atoms with Crippen LogP contribution in [0, 0.1) is 0 Å². The molecule has 0 aromatic rings. The summed E-state index contributed by atoms with van der Waals surface area (Å²) in [6.07, 6.45) is 0. The van der Waals surface area contributed by atoms with Gasteiger partial charge < -0.3 is 15.3 Å². The van der Waals surface area contributed by atoms with Gasteiger partial charge in [-0.15, -0.1) is 0 Å². The second kappa shape index (κ2) is 2.84. The fourth-order valence-corrected chi connectivity index (χ4v) is 0.991. The molecule has 1 aliphatic heterocycles. The summed E-state index contributed by atoms with van der Waals surface area (Å²) in [7, 11) is 1.55. The van der Waals surface area contributed by atoms with Crippen LogP contribution in [-0.4, -0.2) is 35.4 Å². The molecule has 0 unspecified atom stereocenters. The van der Waals surface area contributed by atoms with Gasteiger partial charge in [0.05, 0.1) is 6.54 Å². The fraction of sp³-hybridized carbons (Fsp3) is 0.429. The highest BCUT2D eigenvalue weighted by Gasteiger charge is 2.27. The van der Waals surface area contributed by atoms with E-state index < -0.39 is 0 Å². The molecule has 0 aromatic heterocycles. The standard InChI is InChI=1S/C7H10N2O3/c1-4(10)8-6-5(11)3-9(2)7(6)12/h11H,3H2,1-2H3,(H,8,10). The quantitative estimate of drug-likeness (QED) is 0.550. The monoisotopic (exact) mass is 170 g/mol. The molecule has 0 fully saturated rings. The van der Waals surface area contributed by atoms with Crippen molar-refractivity contribution in [1.82, 2.24) is 10.2 Å². The van der Waals surface area contributed by atoms with Crippen molar-refractivity contribution in [1.29, 1.82) is 0 Å². The Morgan fingerprint density at radius 3 is 2.58 bits per heavy atom.